The molecule has 0 spiro atoms. The van der Waals surface area contributed by atoms with Gasteiger partial charge in [0.05, 0.1) is 5.60 Å². The van der Waals surface area contributed by atoms with E-state index in [1.165, 1.54) is 12.0 Å². The van der Waals surface area contributed by atoms with Gasteiger partial charge >= 0.3 is 6.03 Å². The van der Waals surface area contributed by atoms with E-state index in [0.717, 1.165) is 25.7 Å². The first-order chi connectivity index (χ1) is 12.1. The van der Waals surface area contributed by atoms with Crippen molar-refractivity contribution < 1.29 is 14.6 Å². The summed E-state index contributed by atoms with van der Waals surface area (Å²) in [6.45, 7) is 1.40. The van der Waals surface area contributed by atoms with Crippen molar-refractivity contribution in [3.8, 4) is 0 Å². The first-order valence-corrected chi connectivity index (χ1v) is 9.53. The van der Waals surface area contributed by atoms with E-state index >= 15 is 0 Å². The minimum atomic E-state index is -0.828. The molecule has 0 radical (unpaired) electrons. The van der Waals surface area contributed by atoms with Gasteiger partial charge in [-0.25, -0.2) is 4.79 Å². The van der Waals surface area contributed by atoms with Gasteiger partial charge in [0.15, 0.2) is 0 Å². The highest BCUT2D eigenvalue weighted by atomic mass is 16.5. The molecule has 0 aromatic heterocycles. The van der Waals surface area contributed by atoms with Crippen LogP contribution in [0.4, 0.5) is 4.79 Å². The van der Waals surface area contributed by atoms with Crippen LogP contribution in [0.15, 0.2) is 30.3 Å². The van der Waals surface area contributed by atoms with Crippen molar-refractivity contribution in [2.24, 2.45) is 5.92 Å². The van der Waals surface area contributed by atoms with Gasteiger partial charge in [-0.15, -0.1) is 0 Å². The predicted molar refractivity (Wildman–Crippen MR) is 97.4 cm³/mol. The lowest BCUT2D eigenvalue weighted by Crippen LogP contribution is -2.52. The summed E-state index contributed by atoms with van der Waals surface area (Å²) >= 11 is 0. The number of aliphatic hydroxyl groups is 1. The quantitative estimate of drug-likeness (QED) is 0.767. The van der Waals surface area contributed by atoms with Gasteiger partial charge in [-0.2, -0.15) is 0 Å². The standard InChI is InChI=1S/C20H30N2O3/c23-19(21-15-20(24)10-12-25-13-11-20)22-18-9-5-4-8-17(18)14-16-6-2-1-3-7-16/h1-3,6-7,17-18,24H,4-5,8-15H2,(H2,21,22,23). The molecular weight excluding hydrogens is 316 g/mol. The lowest BCUT2D eigenvalue weighted by atomic mass is 9.81. The van der Waals surface area contributed by atoms with Crippen molar-refractivity contribution in [3.63, 3.8) is 0 Å². The number of rotatable bonds is 5. The minimum Gasteiger partial charge on any atom is -0.388 e. The molecule has 5 nitrogen and oxygen atoms in total. The molecule has 1 aliphatic carbocycles. The number of carbonyl (C=O) groups excluding carboxylic acids is 1. The summed E-state index contributed by atoms with van der Waals surface area (Å²) in [6.07, 6.45) is 6.74. The fourth-order valence-corrected chi connectivity index (χ4v) is 3.95. The third-order valence-corrected chi connectivity index (χ3v) is 5.57. The summed E-state index contributed by atoms with van der Waals surface area (Å²) in [6, 6.07) is 10.5. The number of nitrogens with one attached hydrogen (secondary N) is 2. The summed E-state index contributed by atoms with van der Waals surface area (Å²) < 4.78 is 5.28. The van der Waals surface area contributed by atoms with Crippen LogP contribution in [0.5, 0.6) is 0 Å². The first kappa shape index (κ1) is 18.2. The Hall–Kier alpha value is -1.59. The molecule has 1 aromatic carbocycles. The van der Waals surface area contributed by atoms with Gasteiger partial charge < -0.3 is 20.5 Å². The second-order valence-corrected chi connectivity index (χ2v) is 7.50. The molecule has 3 N–H and O–H groups in total. The summed E-state index contributed by atoms with van der Waals surface area (Å²) in [5.74, 6) is 0.480. The maximum Gasteiger partial charge on any atom is 0.315 e. The number of amides is 2. The number of hydrogen-bond donors (Lipinski definition) is 3. The normalized spacial score (nSPS) is 26.0. The fourth-order valence-electron chi connectivity index (χ4n) is 3.95. The van der Waals surface area contributed by atoms with Crippen molar-refractivity contribution >= 4 is 6.03 Å². The van der Waals surface area contributed by atoms with Gasteiger partial charge in [0, 0.05) is 38.6 Å². The van der Waals surface area contributed by atoms with Gasteiger partial charge in [-0.05, 0) is 30.7 Å². The zero-order valence-electron chi connectivity index (χ0n) is 14.9. The molecule has 2 unspecified atom stereocenters. The lowest BCUT2D eigenvalue weighted by Gasteiger charge is -2.34. The molecule has 2 fully saturated rings. The van der Waals surface area contributed by atoms with Crippen molar-refractivity contribution in [2.45, 2.75) is 56.6 Å². The van der Waals surface area contributed by atoms with Gasteiger partial charge in [-0.3, -0.25) is 0 Å². The van der Waals surface area contributed by atoms with E-state index < -0.39 is 5.60 Å². The van der Waals surface area contributed by atoms with Crippen LogP contribution in [0.1, 0.15) is 44.1 Å². The molecule has 138 valence electrons. The zero-order valence-corrected chi connectivity index (χ0v) is 14.9. The molecule has 3 rings (SSSR count). The van der Waals surface area contributed by atoms with E-state index in [0.29, 0.717) is 32.0 Å². The van der Waals surface area contributed by atoms with Crippen LogP contribution in [-0.4, -0.2) is 42.5 Å². The average Bonchev–Trinajstić information content (AvgIpc) is 2.63. The summed E-state index contributed by atoms with van der Waals surface area (Å²) in [4.78, 5) is 12.3. The Bertz CT molecular complexity index is 543. The summed E-state index contributed by atoms with van der Waals surface area (Å²) in [7, 11) is 0. The number of benzene rings is 1. The molecule has 1 aromatic rings. The van der Waals surface area contributed by atoms with Crippen LogP contribution in [0.25, 0.3) is 0 Å². The highest BCUT2D eigenvalue weighted by Crippen LogP contribution is 2.27. The van der Waals surface area contributed by atoms with Crippen LogP contribution >= 0.6 is 0 Å². The molecule has 5 heteroatoms. The fraction of sp³-hybridized carbons (Fsp3) is 0.650. The molecule has 1 saturated carbocycles. The van der Waals surface area contributed by atoms with Crippen LogP contribution < -0.4 is 10.6 Å². The molecule has 1 heterocycles. The van der Waals surface area contributed by atoms with Gasteiger partial charge in [0.1, 0.15) is 0 Å². The van der Waals surface area contributed by atoms with E-state index in [4.69, 9.17) is 4.74 Å². The highest BCUT2D eigenvalue weighted by Gasteiger charge is 2.31. The Morgan fingerprint density at radius 3 is 2.64 bits per heavy atom. The number of ether oxygens (including phenoxy) is 1. The predicted octanol–water partition coefficient (Wildman–Crippen LogP) is 2.63. The van der Waals surface area contributed by atoms with Crippen LogP contribution in [-0.2, 0) is 11.2 Å². The Labute approximate surface area is 150 Å². The molecular formula is C20H30N2O3. The molecule has 0 bridgehead atoms. The Morgan fingerprint density at radius 1 is 1.16 bits per heavy atom. The molecule has 2 amide bonds. The molecule has 2 atom stereocenters. The van der Waals surface area contributed by atoms with Crippen molar-refractivity contribution in [3.05, 3.63) is 35.9 Å². The SMILES string of the molecule is O=C(NCC1(O)CCOCC1)NC1CCCCC1Cc1ccccc1. The Balaban J connectivity index is 1.49. The van der Waals surface area contributed by atoms with Crippen molar-refractivity contribution in [1.29, 1.82) is 0 Å². The van der Waals surface area contributed by atoms with Gasteiger partial charge in [-0.1, -0.05) is 43.2 Å². The number of hydrogen-bond acceptors (Lipinski definition) is 3. The first-order valence-electron chi connectivity index (χ1n) is 9.53. The third kappa shape index (κ3) is 5.44. The van der Waals surface area contributed by atoms with Crippen LogP contribution in [0.2, 0.25) is 0 Å². The Morgan fingerprint density at radius 2 is 1.88 bits per heavy atom. The molecule has 1 aliphatic heterocycles. The molecule has 25 heavy (non-hydrogen) atoms. The third-order valence-electron chi connectivity index (χ3n) is 5.57. The van der Waals surface area contributed by atoms with Crippen LogP contribution in [0.3, 0.4) is 0 Å². The van der Waals surface area contributed by atoms with E-state index in [1.807, 2.05) is 6.07 Å². The largest absolute Gasteiger partial charge is 0.388 e. The van der Waals surface area contributed by atoms with Crippen LogP contribution in [0, 0.1) is 5.92 Å². The second-order valence-electron chi connectivity index (χ2n) is 7.50. The maximum absolute atomic E-state index is 12.3. The van der Waals surface area contributed by atoms with Gasteiger partial charge in [0.25, 0.3) is 0 Å². The van der Waals surface area contributed by atoms with Crippen molar-refractivity contribution in [2.75, 3.05) is 19.8 Å². The summed E-state index contributed by atoms with van der Waals surface area (Å²) in [5.41, 5.74) is 0.504. The smallest absolute Gasteiger partial charge is 0.315 e. The monoisotopic (exact) mass is 346 g/mol. The van der Waals surface area contributed by atoms with E-state index in [9.17, 15) is 9.90 Å². The second kappa shape index (κ2) is 8.68. The minimum absolute atomic E-state index is 0.162. The topological polar surface area (TPSA) is 70.6 Å². The average molecular weight is 346 g/mol. The number of urea groups is 1. The van der Waals surface area contributed by atoms with E-state index in [-0.39, 0.29) is 18.6 Å². The van der Waals surface area contributed by atoms with E-state index in [2.05, 4.69) is 34.9 Å². The maximum atomic E-state index is 12.3. The Kier molecular flexibility index (Phi) is 6.32. The van der Waals surface area contributed by atoms with Gasteiger partial charge in [0.2, 0.25) is 0 Å². The lowest BCUT2D eigenvalue weighted by molar-refractivity contribution is -0.0601. The highest BCUT2D eigenvalue weighted by molar-refractivity contribution is 5.74. The van der Waals surface area contributed by atoms with Crippen molar-refractivity contribution in [1.82, 2.24) is 10.6 Å². The number of carbonyl (C=O) groups is 1. The molecule has 1 saturated heterocycles. The summed E-state index contributed by atoms with van der Waals surface area (Å²) in [5, 5.41) is 16.5. The molecule has 2 aliphatic rings. The zero-order chi connectivity index (χ0) is 17.5. The van der Waals surface area contributed by atoms with E-state index in [1.54, 1.807) is 0 Å².